The summed E-state index contributed by atoms with van der Waals surface area (Å²) in [6, 6.07) is -0.00959. The zero-order valence-electron chi connectivity index (χ0n) is 10.9. The summed E-state index contributed by atoms with van der Waals surface area (Å²) < 4.78 is 5.46. The Balaban J connectivity index is 2.00. The van der Waals surface area contributed by atoms with Crippen LogP contribution >= 0.6 is 0 Å². The highest BCUT2D eigenvalue weighted by Gasteiger charge is 2.27. The Kier molecular flexibility index (Phi) is 6.52. The van der Waals surface area contributed by atoms with Crippen LogP contribution in [-0.2, 0) is 9.53 Å². The Morgan fingerprint density at radius 1 is 1.35 bits per heavy atom. The molecule has 0 bridgehead atoms. The van der Waals surface area contributed by atoms with Crippen molar-refractivity contribution in [2.75, 3.05) is 13.2 Å². The van der Waals surface area contributed by atoms with Gasteiger partial charge < -0.3 is 15.2 Å². The molecule has 1 saturated carbocycles. The van der Waals surface area contributed by atoms with E-state index >= 15 is 0 Å². The van der Waals surface area contributed by atoms with Gasteiger partial charge in [-0.2, -0.15) is 0 Å². The zero-order chi connectivity index (χ0) is 12.7. The van der Waals surface area contributed by atoms with Gasteiger partial charge in [0, 0.05) is 19.3 Å². The average Bonchev–Trinajstić information content (AvgIpc) is 3.04. The molecule has 1 atom stereocenters. The van der Waals surface area contributed by atoms with E-state index in [1.54, 1.807) is 0 Å². The number of nitrogens with one attached hydrogen (secondary N) is 1. The van der Waals surface area contributed by atoms with Crippen LogP contribution in [0.15, 0.2) is 0 Å². The van der Waals surface area contributed by atoms with Crippen molar-refractivity contribution in [3.63, 3.8) is 0 Å². The molecule has 0 radical (unpaired) electrons. The molecule has 0 aromatic heterocycles. The van der Waals surface area contributed by atoms with Gasteiger partial charge in [0.1, 0.15) is 6.04 Å². The minimum Gasteiger partial charge on any atom is -0.480 e. The van der Waals surface area contributed by atoms with Crippen molar-refractivity contribution in [1.29, 1.82) is 0 Å². The summed E-state index contributed by atoms with van der Waals surface area (Å²) in [6.45, 7) is 5.67. The summed E-state index contributed by atoms with van der Waals surface area (Å²) in [4.78, 5) is 11.0. The van der Waals surface area contributed by atoms with Gasteiger partial charge in [0.25, 0.3) is 0 Å². The first kappa shape index (κ1) is 14.5. The second-order valence-electron chi connectivity index (χ2n) is 5.27. The van der Waals surface area contributed by atoms with Gasteiger partial charge >= 0.3 is 5.97 Å². The van der Waals surface area contributed by atoms with Crippen molar-refractivity contribution in [1.82, 2.24) is 5.32 Å². The number of rotatable bonds is 10. The Labute approximate surface area is 104 Å². The molecule has 4 nitrogen and oxygen atoms in total. The molecule has 0 heterocycles. The standard InChI is InChI=1S/C13H25NO3/c1-10(2)4-3-8-17-9-7-12(13(15)16)14-11-5-6-11/h10-12,14H,3-9H2,1-2H3,(H,15,16). The van der Waals surface area contributed by atoms with Crippen LogP contribution in [0.2, 0.25) is 0 Å². The SMILES string of the molecule is CC(C)CCCOCCC(NC1CC1)C(=O)O. The Morgan fingerprint density at radius 3 is 2.59 bits per heavy atom. The van der Waals surface area contributed by atoms with Gasteiger partial charge in [0.15, 0.2) is 0 Å². The van der Waals surface area contributed by atoms with Gasteiger partial charge in [0.05, 0.1) is 0 Å². The number of ether oxygens (including phenoxy) is 1. The van der Waals surface area contributed by atoms with Crippen molar-refractivity contribution in [3.05, 3.63) is 0 Å². The van der Waals surface area contributed by atoms with E-state index in [0.717, 1.165) is 25.9 Å². The quantitative estimate of drug-likeness (QED) is 0.576. The van der Waals surface area contributed by atoms with Crippen molar-refractivity contribution < 1.29 is 14.6 Å². The van der Waals surface area contributed by atoms with Gasteiger partial charge in [-0.1, -0.05) is 13.8 Å². The van der Waals surface area contributed by atoms with E-state index in [9.17, 15) is 4.79 Å². The number of carboxylic acid groups (broad SMARTS) is 1. The number of hydrogen-bond acceptors (Lipinski definition) is 3. The van der Waals surface area contributed by atoms with Gasteiger partial charge in [0.2, 0.25) is 0 Å². The molecule has 4 heteroatoms. The lowest BCUT2D eigenvalue weighted by atomic mass is 10.1. The van der Waals surface area contributed by atoms with Crippen molar-refractivity contribution in [2.24, 2.45) is 5.92 Å². The lowest BCUT2D eigenvalue weighted by Gasteiger charge is -2.14. The first-order valence-corrected chi connectivity index (χ1v) is 6.66. The summed E-state index contributed by atoms with van der Waals surface area (Å²) in [5.41, 5.74) is 0. The summed E-state index contributed by atoms with van der Waals surface area (Å²) in [5, 5.41) is 12.1. The van der Waals surface area contributed by atoms with Crippen molar-refractivity contribution in [3.8, 4) is 0 Å². The maximum Gasteiger partial charge on any atom is 0.320 e. The van der Waals surface area contributed by atoms with E-state index in [2.05, 4.69) is 19.2 Å². The normalized spacial score (nSPS) is 17.4. The monoisotopic (exact) mass is 243 g/mol. The Hall–Kier alpha value is -0.610. The van der Waals surface area contributed by atoms with Crippen molar-refractivity contribution in [2.45, 2.75) is 58.0 Å². The van der Waals surface area contributed by atoms with E-state index in [1.165, 1.54) is 6.42 Å². The first-order chi connectivity index (χ1) is 8.09. The predicted molar refractivity (Wildman–Crippen MR) is 67.1 cm³/mol. The third-order valence-electron chi connectivity index (χ3n) is 2.93. The molecular weight excluding hydrogens is 218 g/mol. The van der Waals surface area contributed by atoms with Gasteiger partial charge in [-0.25, -0.2) is 0 Å². The highest BCUT2D eigenvalue weighted by molar-refractivity contribution is 5.73. The molecule has 1 aliphatic carbocycles. The van der Waals surface area contributed by atoms with Crippen LogP contribution in [0.1, 0.15) is 46.0 Å². The minimum absolute atomic E-state index is 0.428. The maximum absolute atomic E-state index is 11.0. The highest BCUT2D eigenvalue weighted by atomic mass is 16.5. The fourth-order valence-electron chi connectivity index (χ4n) is 1.71. The summed E-state index contributed by atoms with van der Waals surface area (Å²) >= 11 is 0. The Morgan fingerprint density at radius 2 is 2.06 bits per heavy atom. The zero-order valence-corrected chi connectivity index (χ0v) is 10.9. The molecule has 0 aromatic carbocycles. The Bertz CT molecular complexity index is 227. The summed E-state index contributed by atoms with van der Waals surface area (Å²) in [5.74, 6) is -0.0513. The topological polar surface area (TPSA) is 58.6 Å². The molecule has 0 aromatic rings. The van der Waals surface area contributed by atoms with E-state index in [-0.39, 0.29) is 0 Å². The predicted octanol–water partition coefficient (Wildman–Crippen LogP) is 2.03. The minimum atomic E-state index is -0.761. The molecule has 0 aliphatic heterocycles. The van der Waals surface area contributed by atoms with Crippen LogP contribution in [0, 0.1) is 5.92 Å². The van der Waals surface area contributed by atoms with Crippen LogP contribution in [0.4, 0.5) is 0 Å². The molecule has 0 spiro atoms. The number of carbonyl (C=O) groups is 1. The fourth-order valence-corrected chi connectivity index (χ4v) is 1.71. The second-order valence-corrected chi connectivity index (χ2v) is 5.27. The molecule has 0 saturated heterocycles. The largest absolute Gasteiger partial charge is 0.480 e. The molecule has 100 valence electrons. The smallest absolute Gasteiger partial charge is 0.320 e. The van der Waals surface area contributed by atoms with Crippen LogP contribution < -0.4 is 5.32 Å². The molecule has 1 rings (SSSR count). The molecular formula is C13H25NO3. The molecule has 0 amide bonds. The second kappa shape index (κ2) is 7.67. The molecule has 1 fully saturated rings. The molecule has 1 aliphatic rings. The third kappa shape index (κ3) is 7.34. The third-order valence-corrected chi connectivity index (χ3v) is 2.93. The van der Waals surface area contributed by atoms with Crippen LogP contribution in [-0.4, -0.2) is 36.4 Å². The van der Waals surface area contributed by atoms with E-state index < -0.39 is 12.0 Å². The van der Waals surface area contributed by atoms with Gasteiger partial charge in [-0.3, -0.25) is 4.79 Å². The van der Waals surface area contributed by atoms with E-state index in [0.29, 0.717) is 25.0 Å². The summed E-state index contributed by atoms with van der Waals surface area (Å²) in [7, 11) is 0. The fraction of sp³-hybridized carbons (Fsp3) is 0.923. The van der Waals surface area contributed by atoms with Crippen LogP contribution in [0.25, 0.3) is 0 Å². The lowest BCUT2D eigenvalue weighted by Crippen LogP contribution is -2.39. The van der Waals surface area contributed by atoms with Crippen LogP contribution in [0.3, 0.4) is 0 Å². The average molecular weight is 243 g/mol. The van der Waals surface area contributed by atoms with Gasteiger partial charge in [-0.15, -0.1) is 0 Å². The van der Waals surface area contributed by atoms with Crippen molar-refractivity contribution >= 4 is 5.97 Å². The number of hydrogen-bond donors (Lipinski definition) is 2. The molecule has 2 N–H and O–H groups in total. The van der Waals surface area contributed by atoms with Gasteiger partial charge in [-0.05, 0) is 38.0 Å². The first-order valence-electron chi connectivity index (χ1n) is 6.66. The molecule has 17 heavy (non-hydrogen) atoms. The summed E-state index contributed by atoms with van der Waals surface area (Å²) in [6.07, 6.45) is 5.01. The number of carboxylic acids is 1. The van der Waals surface area contributed by atoms with E-state index in [1.807, 2.05) is 0 Å². The lowest BCUT2D eigenvalue weighted by molar-refractivity contribution is -0.140. The maximum atomic E-state index is 11.0. The number of aliphatic carboxylic acids is 1. The van der Waals surface area contributed by atoms with Crippen LogP contribution in [0.5, 0.6) is 0 Å². The molecule has 1 unspecified atom stereocenters. The highest BCUT2D eigenvalue weighted by Crippen LogP contribution is 2.20. The van der Waals surface area contributed by atoms with E-state index in [4.69, 9.17) is 9.84 Å².